The van der Waals surface area contributed by atoms with Crippen molar-refractivity contribution in [2.75, 3.05) is 5.32 Å². The first-order valence-electron chi connectivity index (χ1n) is 8.25. The van der Waals surface area contributed by atoms with E-state index in [0.717, 1.165) is 0 Å². The molecule has 0 aliphatic carbocycles. The second-order valence-corrected chi connectivity index (χ2v) is 6.70. The monoisotopic (exact) mass is 391 g/mol. The Morgan fingerprint density at radius 2 is 1.86 bits per heavy atom. The molecule has 0 atom stereocenters. The number of rotatable bonds is 4. The third-order valence-corrected chi connectivity index (χ3v) is 4.77. The van der Waals surface area contributed by atoms with Crippen LogP contribution >= 0.6 is 11.3 Å². The molecule has 138 valence electrons. The number of ether oxygens (including phenoxy) is 1. The zero-order valence-corrected chi connectivity index (χ0v) is 15.2. The van der Waals surface area contributed by atoms with Gasteiger partial charge in [0.25, 0.3) is 11.5 Å². The van der Waals surface area contributed by atoms with E-state index in [0.29, 0.717) is 16.2 Å². The number of thiophene rings is 1. The summed E-state index contributed by atoms with van der Waals surface area (Å²) in [6.07, 6.45) is 2.74. The van der Waals surface area contributed by atoms with Gasteiger partial charge in [-0.2, -0.15) is 0 Å². The molecule has 0 bridgehead atoms. The van der Waals surface area contributed by atoms with Crippen molar-refractivity contribution in [3.8, 4) is 5.75 Å². The standard InChI is InChI=1S/C20H13N3O4S/c24-18(16-4-3-11-28-16)22-13-6-8-14(9-7-13)27-20(26)15-12-21-17-5-1-2-10-23(17)19(15)25/h1-12H,(H,22,24). The summed E-state index contributed by atoms with van der Waals surface area (Å²) in [7, 11) is 0. The van der Waals surface area contributed by atoms with Gasteiger partial charge in [-0.3, -0.25) is 14.0 Å². The SMILES string of the molecule is O=C(Nc1ccc(OC(=O)c2cnc3ccccn3c2=O)cc1)c1cccs1. The van der Waals surface area contributed by atoms with Crippen LogP contribution in [-0.4, -0.2) is 21.3 Å². The molecule has 4 rings (SSSR count). The van der Waals surface area contributed by atoms with Gasteiger partial charge in [-0.05, 0) is 47.8 Å². The van der Waals surface area contributed by atoms with Gasteiger partial charge in [-0.15, -0.1) is 11.3 Å². The van der Waals surface area contributed by atoms with Crippen LogP contribution in [0.5, 0.6) is 5.75 Å². The van der Waals surface area contributed by atoms with Gasteiger partial charge in [0.2, 0.25) is 0 Å². The molecule has 4 aromatic rings. The van der Waals surface area contributed by atoms with E-state index in [9.17, 15) is 14.4 Å². The average Bonchev–Trinajstić information content (AvgIpc) is 3.25. The molecule has 0 radical (unpaired) electrons. The Kier molecular flexibility index (Phi) is 4.69. The van der Waals surface area contributed by atoms with Crippen LogP contribution < -0.4 is 15.6 Å². The van der Waals surface area contributed by atoms with Crippen molar-refractivity contribution in [3.63, 3.8) is 0 Å². The quantitative estimate of drug-likeness (QED) is 0.426. The summed E-state index contributed by atoms with van der Waals surface area (Å²) < 4.78 is 6.54. The third kappa shape index (κ3) is 3.53. The molecule has 0 aliphatic heterocycles. The van der Waals surface area contributed by atoms with Crippen molar-refractivity contribution in [1.29, 1.82) is 0 Å². The van der Waals surface area contributed by atoms with E-state index in [4.69, 9.17) is 4.74 Å². The zero-order chi connectivity index (χ0) is 19.5. The van der Waals surface area contributed by atoms with Gasteiger partial charge in [0.05, 0.1) is 4.88 Å². The molecule has 1 aromatic carbocycles. The normalized spacial score (nSPS) is 10.6. The van der Waals surface area contributed by atoms with Crippen LogP contribution in [0.3, 0.4) is 0 Å². The van der Waals surface area contributed by atoms with Crippen molar-refractivity contribution in [2.24, 2.45) is 0 Å². The Hall–Kier alpha value is -3.78. The summed E-state index contributed by atoms with van der Waals surface area (Å²) in [6.45, 7) is 0. The van der Waals surface area contributed by atoms with Gasteiger partial charge in [0.1, 0.15) is 17.0 Å². The molecule has 7 nitrogen and oxygen atoms in total. The van der Waals surface area contributed by atoms with E-state index in [2.05, 4.69) is 10.3 Å². The van der Waals surface area contributed by atoms with Crippen molar-refractivity contribution in [2.45, 2.75) is 0 Å². The number of amides is 1. The highest BCUT2D eigenvalue weighted by Gasteiger charge is 2.16. The highest BCUT2D eigenvalue weighted by Crippen LogP contribution is 2.18. The van der Waals surface area contributed by atoms with Gasteiger partial charge in [-0.25, -0.2) is 9.78 Å². The smallest absolute Gasteiger partial charge is 0.350 e. The van der Waals surface area contributed by atoms with E-state index in [-0.39, 0.29) is 17.2 Å². The molecule has 0 saturated carbocycles. The largest absolute Gasteiger partial charge is 0.423 e. The molecule has 1 amide bonds. The number of hydrogen-bond acceptors (Lipinski definition) is 6. The molecule has 0 unspecified atom stereocenters. The number of esters is 1. The Bertz CT molecular complexity index is 1210. The maximum Gasteiger partial charge on any atom is 0.350 e. The number of nitrogens with one attached hydrogen (secondary N) is 1. The van der Waals surface area contributed by atoms with Gasteiger partial charge in [0, 0.05) is 18.1 Å². The molecule has 0 saturated heterocycles. The van der Waals surface area contributed by atoms with Gasteiger partial charge in [-0.1, -0.05) is 12.1 Å². The summed E-state index contributed by atoms with van der Waals surface area (Å²) in [5, 5.41) is 4.57. The molecular formula is C20H13N3O4S. The third-order valence-electron chi connectivity index (χ3n) is 3.90. The number of pyridine rings is 1. The first-order chi connectivity index (χ1) is 13.6. The summed E-state index contributed by atoms with van der Waals surface area (Å²) >= 11 is 1.34. The van der Waals surface area contributed by atoms with E-state index >= 15 is 0 Å². The Labute approximate surface area is 162 Å². The maximum absolute atomic E-state index is 12.4. The van der Waals surface area contributed by atoms with Crippen LogP contribution in [0.15, 0.2) is 77.2 Å². The summed E-state index contributed by atoms with van der Waals surface area (Å²) in [5.74, 6) is -0.766. The zero-order valence-electron chi connectivity index (χ0n) is 14.4. The lowest BCUT2D eigenvalue weighted by atomic mass is 10.3. The lowest BCUT2D eigenvalue weighted by molar-refractivity contribution is 0.0732. The minimum atomic E-state index is -0.800. The first-order valence-corrected chi connectivity index (χ1v) is 9.13. The molecule has 3 heterocycles. The highest BCUT2D eigenvalue weighted by atomic mass is 32.1. The lowest BCUT2D eigenvalue weighted by Gasteiger charge is -2.07. The van der Waals surface area contributed by atoms with Gasteiger partial charge < -0.3 is 10.1 Å². The fourth-order valence-electron chi connectivity index (χ4n) is 2.54. The second-order valence-electron chi connectivity index (χ2n) is 5.75. The number of carbonyl (C=O) groups excluding carboxylic acids is 2. The first kappa shape index (κ1) is 17.6. The maximum atomic E-state index is 12.4. The minimum Gasteiger partial charge on any atom is -0.423 e. The molecule has 3 aromatic heterocycles. The number of fused-ring (bicyclic) bond motifs is 1. The van der Waals surface area contributed by atoms with Crippen molar-refractivity contribution < 1.29 is 14.3 Å². The highest BCUT2D eigenvalue weighted by molar-refractivity contribution is 7.12. The lowest BCUT2D eigenvalue weighted by Crippen LogP contribution is -2.25. The van der Waals surface area contributed by atoms with Crippen LogP contribution in [-0.2, 0) is 0 Å². The summed E-state index contributed by atoms with van der Waals surface area (Å²) in [6, 6.07) is 14.9. The van der Waals surface area contributed by atoms with E-state index in [1.165, 1.54) is 40.3 Å². The molecule has 0 aliphatic rings. The van der Waals surface area contributed by atoms with Crippen molar-refractivity contribution >= 4 is 34.5 Å². The molecule has 0 fully saturated rings. The fourth-order valence-corrected chi connectivity index (χ4v) is 3.15. The van der Waals surface area contributed by atoms with Gasteiger partial charge in [0.15, 0.2) is 0 Å². The molecule has 0 spiro atoms. The van der Waals surface area contributed by atoms with Crippen LogP contribution in [0.1, 0.15) is 20.0 Å². The predicted molar refractivity (Wildman–Crippen MR) is 105 cm³/mol. The van der Waals surface area contributed by atoms with E-state index in [1.54, 1.807) is 42.5 Å². The topological polar surface area (TPSA) is 89.8 Å². The predicted octanol–water partition coefficient (Wildman–Crippen LogP) is 3.23. The summed E-state index contributed by atoms with van der Waals surface area (Å²) in [5.41, 5.74) is 0.328. The number of benzene rings is 1. The van der Waals surface area contributed by atoms with Crippen LogP contribution in [0.25, 0.3) is 5.65 Å². The summed E-state index contributed by atoms with van der Waals surface area (Å²) in [4.78, 5) is 41.5. The van der Waals surface area contributed by atoms with Crippen LogP contribution in [0.2, 0.25) is 0 Å². The Balaban J connectivity index is 1.49. The molecule has 1 N–H and O–H groups in total. The second kappa shape index (κ2) is 7.45. The van der Waals surface area contributed by atoms with Crippen LogP contribution in [0, 0.1) is 0 Å². The Morgan fingerprint density at radius 3 is 2.61 bits per heavy atom. The van der Waals surface area contributed by atoms with Crippen LogP contribution in [0.4, 0.5) is 5.69 Å². The minimum absolute atomic E-state index is 0.168. The average molecular weight is 391 g/mol. The van der Waals surface area contributed by atoms with Gasteiger partial charge >= 0.3 is 5.97 Å². The fraction of sp³-hybridized carbons (Fsp3) is 0. The van der Waals surface area contributed by atoms with E-state index in [1.807, 2.05) is 5.38 Å². The molecule has 8 heteroatoms. The van der Waals surface area contributed by atoms with Crippen molar-refractivity contribution in [1.82, 2.24) is 9.38 Å². The van der Waals surface area contributed by atoms with E-state index < -0.39 is 11.5 Å². The number of carbonyl (C=O) groups is 2. The number of nitrogens with zero attached hydrogens (tertiary/aromatic N) is 2. The molecular weight excluding hydrogens is 378 g/mol. The number of anilines is 1. The number of hydrogen-bond donors (Lipinski definition) is 1. The Morgan fingerprint density at radius 1 is 1.04 bits per heavy atom. The van der Waals surface area contributed by atoms with Crippen molar-refractivity contribution in [3.05, 3.63) is 93.2 Å². The number of aromatic nitrogens is 2. The molecule has 28 heavy (non-hydrogen) atoms.